The van der Waals surface area contributed by atoms with Crippen LogP contribution in [0.2, 0.25) is 5.02 Å². The van der Waals surface area contributed by atoms with Gasteiger partial charge in [0.25, 0.3) is 5.91 Å². The van der Waals surface area contributed by atoms with Crippen LogP contribution in [0, 0.1) is 5.92 Å². The highest BCUT2D eigenvalue weighted by Crippen LogP contribution is 2.24. The number of nitrogens with two attached hydrogens (primary N) is 1. The number of carbonyl (C=O) groups excluding carboxylic acids is 1. The lowest BCUT2D eigenvalue weighted by molar-refractivity contribution is -0.127. The maximum Gasteiger partial charge on any atom is 0.260 e. The van der Waals surface area contributed by atoms with Crippen LogP contribution in [0.4, 0.5) is 5.69 Å². The first-order chi connectivity index (χ1) is 8.90. The number of anilines is 1. The Morgan fingerprint density at radius 3 is 2.68 bits per heavy atom. The Hall–Kier alpha value is -1.42. The van der Waals surface area contributed by atoms with Crippen LogP contribution in [-0.2, 0) is 4.79 Å². The van der Waals surface area contributed by atoms with Gasteiger partial charge in [0.1, 0.15) is 5.75 Å². The molecule has 19 heavy (non-hydrogen) atoms. The van der Waals surface area contributed by atoms with Crippen LogP contribution < -0.4 is 15.8 Å². The zero-order valence-electron chi connectivity index (χ0n) is 11.6. The zero-order valence-corrected chi connectivity index (χ0v) is 12.3. The minimum Gasteiger partial charge on any atom is -0.481 e. The molecule has 0 heterocycles. The molecular weight excluding hydrogens is 264 g/mol. The smallest absolute Gasteiger partial charge is 0.260 e. The highest BCUT2D eigenvalue weighted by atomic mass is 35.5. The predicted molar refractivity (Wildman–Crippen MR) is 78.4 cm³/mol. The molecule has 0 spiro atoms. The molecular formula is C14H21ClN2O2. The third-order valence-corrected chi connectivity index (χ3v) is 3.00. The van der Waals surface area contributed by atoms with Crippen LogP contribution >= 0.6 is 11.6 Å². The van der Waals surface area contributed by atoms with Crippen LogP contribution in [-0.4, -0.2) is 18.6 Å². The lowest BCUT2D eigenvalue weighted by Gasteiger charge is -2.15. The van der Waals surface area contributed by atoms with E-state index in [2.05, 4.69) is 19.2 Å². The molecule has 0 saturated heterocycles. The average molecular weight is 285 g/mol. The summed E-state index contributed by atoms with van der Waals surface area (Å²) in [6, 6.07) is 4.95. The minimum atomic E-state index is -0.563. The molecule has 1 unspecified atom stereocenters. The van der Waals surface area contributed by atoms with E-state index in [1.165, 1.54) is 0 Å². The number of nitrogens with one attached hydrogen (secondary N) is 1. The van der Waals surface area contributed by atoms with Gasteiger partial charge >= 0.3 is 0 Å². The van der Waals surface area contributed by atoms with Crippen LogP contribution in [0.3, 0.4) is 0 Å². The predicted octanol–water partition coefficient (Wildman–Crippen LogP) is 2.85. The van der Waals surface area contributed by atoms with E-state index in [0.717, 1.165) is 6.42 Å². The standard InChI is InChI=1S/C14H21ClN2O2/c1-9(2)6-7-17-14(18)10(3)19-11-4-5-13(16)12(15)8-11/h4-5,8-10H,6-7,16H2,1-3H3,(H,17,18). The van der Waals surface area contributed by atoms with Crippen molar-refractivity contribution in [2.45, 2.75) is 33.3 Å². The lowest BCUT2D eigenvalue weighted by Crippen LogP contribution is -2.37. The first kappa shape index (κ1) is 15.6. The van der Waals surface area contributed by atoms with E-state index >= 15 is 0 Å². The van der Waals surface area contributed by atoms with Crippen molar-refractivity contribution >= 4 is 23.2 Å². The second-order valence-electron chi connectivity index (χ2n) is 4.92. The lowest BCUT2D eigenvalue weighted by atomic mass is 10.1. The topological polar surface area (TPSA) is 64.3 Å². The molecule has 0 fully saturated rings. The Bertz CT molecular complexity index is 435. The molecule has 106 valence electrons. The first-order valence-electron chi connectivity index (χ1n) is 6.39. The molecule has 0 bridgehead atoms. The zero-order chi connectivity index (χ0) is 14.4. The van der Waals surface area contributed by atoms with E-state index in [1.807, 2.05) is 0 Å². The number of nitrogen functional groups attached to an aromatic ring is 1. The summed E-state index contributed by atoms with van der Waals surface area (Å²) in [5.41, 5.74) is 6.10. The quantitative estimate of drug-likeness (QED) is 0.790. The molecule has 1 aromatic rings. The van der Waals surface area contributed by atoms with Gasteiger partial charge in [0, 0.05) is 12.6 Å². The molecule has 1 atom stereocenters. The van der Waals surface area contributed by atoms with Crippen molar-refractivity contribution in [3.05, 3.63) is 23.2 Å². The molecule has 0 radical (unpaired) electrons. The van der Waals surface area contributed by atoms with Crippen LogP contribution in [0.5, 0.6) is 5.75 Å². The molecule has 0 saturated carbocycles. The van der Waals surface area contributed by atoms with Gasteiger partial charge in [0.2, 0.25) is 0 Å². The number of hydrogen-bond donors (Lipinski definition) is 2. The van der Waals surface area contributed by atoms with Gasteiger partial charge in [-0.1, -0.05) is 25.4 Å². The summed E-state index contributed by atoms with van der Waals surface area (Å²) >= 11 is 5.89. The largest absolute Gasteiger partial charge is 0.481 e. The Morgan fingerprint density at radius 2 is 2.11 bits per heavy atom. The molecule has 5 heteroatoms. The summed E-state index contributed by atoms with van der Waals surface area (Å²) in [5, 5.41) is 3.26. The molecule has 1 amide bonds. The maximum atomic E-state index is 11.8. The van der Waals surface area contributed by atoms with Gasteiger partial charge in [-0.2, -0.15) is 0 Å². The van der Waals surface area contributed by atoms with Crippen molar-refractivity contribution in [1.29, 1.82) is 0 Å². The van der Waals surface area contributed by atoms with E-state index < -0.39 is 6.10 Å². The molecule has 1 rings (SSSR count). The van der Waals surface area contributed by atoms with Crippen molar-refractivity contribution < 1.29 is 9.53 Å². The Balaban J connectivity index is 2.47. The fraction of sp³-hybridized carbons (Fsp3) is 0.500. The van der Waals surface area contributed by atoms with Gasteiger partial charge in [-0.25, -0.2) is 0 Å². The number of ether oxygens (including phenoxy) is 1. The van der Waals surface area contributed by atoms with Crippen molar-refractivity contribution in [3.63, 3.8) is 0 Å². The summed E-state index contributed by atoms with van der Waals surface area (Å²) in [4.78, 5) is 11.8. The number of carbonyl (C=O) groups is 1. The molecule has 0 aliphatic heterocycles. The number of rotatable bonds is 6. The summed E-state index contributed by atoms with van der Waals surface area (Å²) in [5.74, 6) is 0.965. The Kier molecular flexibility index (Phi) is 5.96. The second kappa shape index (κ2) is 7.24. The highest BCUT2D eigenvalue weighted by Gasteiger charge is 2.14. The molecule has 3 N–H and O–H groups in total. The molecule has 1 aromatic carbocycles. The van der Waals surface area contributed by atoms with E-state index in [4.69, 9.17) is 22.1 Å². The third-order valence-electron chi connectivity index (χ3n) is 2.67. The van der Waals surface area contributed by atoms with Gasteiger partial charge in [0.15, 0.2) is 6.10 Å². The van der Waals surface area contributed by atoms with Gasteiger partial charge in [0.05, 0.1) is 10.7 Å². The van der Waals surface area contributed by atoms with E-state index in [1.54, 1.807) is 25.1 Å². The second-order valence-corrected chi connectivity index (χ2v) is 5.32. The van der Waals surface area contributed by atoms with Crippen molar-refractivity contribution in [2.75, 3.05) is 12.3 Å². The van der Waals surface area contributed by atoms with Crippen LogP contribution in [0.25, 0.3) is 0 Å². The fourth-order valence-corrected chi connectivity index (χ4v) is 1.64. The molecule has 0 aliphatic carbocycles. The van der Waals surface area contributed by atoms with Crippen LogP contribution in [0.1, 0.15) is 27.2 Å². The third kappa shape index (κ3) is 5.39. The van der Waals surface area contributed by atoms with E-state index in [0.29, 0.717) is 28.9 Å². The van der Waals surface area contributed by atoms with Gasteiger partial charge in [-0.15, -0.1) is 0 Å². The minimum absolute atomic E-state index is 0.131. The summed E-state index contributed by atoms with van der Waals surface area (Å²) in [7, 11) is 0. The maximum absolute atomic E-state index is 11.8. The van der Waals surface area contributed by atoms with Gasteiger partial charge in [-0.3, -0.25) is 4.79 Å². The van der Waals surface area contributed by atoms with Crippen molar-refractivity contribution in [3.8, 4) is 5.75 Å². The molecule has 4 nitrogen and oxygen atoms in total. The monoisotopic (exact) mass is 284 g/mol. The summed E-state index contributed by atoms with van der Waals surface area (Å²) < 4.78 is 5.52. The van der Waals surface area contributed by atoms with Crippen molar-refractivity contribution in [1.82, 2.24) is 5.32 Å². The fourth-order valence-electron chi connectivity index (χ4n) is 1.47. The van der Waals surface area contributed by atoms with Gasteiger partial charge in [-0.05, 0) is 31.4 Å². The molecule has 0 aliphatic rings. The SMILES string of the molecule is CC(C)CCNC(=O)C(C)Oc1ccc(N)c(Cl)c1. The normalized spacial score (nSPS) is 12.3. The number of halogens is 1. The molecule has 0 aromatic heterocycles. The number of benzene rings is 1. The summed E-state index contributed by atoms with van der Waals surface area (Å²) in [6.45, 7) is 6.59. The first-order valence-corrected chi connectivity index (χ1v) is 6.77. The average Bonchev–Trinajstić information content (AvgIpc) is 2.33. The highest BCUT2D eigenvalue weighted by molar-refractivity contribution is 6.33. The van der Waals surface area contributed by atoms with E-state index in [-0.39, 0.29) is 5.91 Å². The van der Waals surface area contributed by atoms with Crippen LogP contribution in [0.15, 0.2) is 18.2 Å². The number of hydrogen-bond acceptors (Lipinski definition) is 3. The Morgan fingerprint density at radius 1 is 1.42 bits per heavy atom. The summed E-state index contributed by atoms with van der Waals surface area (Å²) in [6.07, 6.45) is 0.387. The van der Waals surface area contributed by atoms with Gasteiger partial charge < -0.3 is 15.8 Å². The number of amides is 1. The van der Waals surface area contributed by atoms with Crippen molar-refractivity contribution in [2.24, 2.45) is 5.92 Å². The van der Waals surface area contributed by atoms with E-state index in [9.17, 15) is 4.79 Å². The Labute approximate surface area is 119 Å².